The van der Waals surface area contributed by atoms with E-state index in [1.54, 1.807) is 0 Å². The van der Waals surface area contributed by atoms with E-state index in [-0.39, 0.29) is 0 Å². The molecule has 0 aromatic carbocycles. The van der Waals surface area contributed by atoms with Crippen LogP contribution in [0.2, 0.25) is 0 Å². The third kappa shape index (κ3) is 4.98. The molecule has 0 saturated heterocycles. The predicted octanol–water partition coefficient (Wildman–Crippen LogP) is 2.71. The van der Waals surface area contributed by atoms with Crippen molar-refractivity contribution in [2.24, 2.45) is 5.92 Å². The standard InChI is InChI=1S/C13H27NO/c1-11(2)13(9-10-15)14-12-7-5-3-4-6-8-12/h11-15H,3-10H2,1-2H3. The summed E-state index contributed by atoms with van der Waals surface area (Å²) in [5, 5.41) is 12.8. The Balaban J connectivity index is 2.34. The molecule has 1 aliphatic rings. The van der Waals surface area contributed by atoms with Crippen molar-refractivity contribution < 1.29 is 5.11 Å². The van der Waals surface area contributed by atoms with Crippen LogP contribution < -0.4 is 5.32 Å². The molecule has 15 heavy (non-hydrogen) atoms. The highest BCUT2D eigenvalue weighted by molar-refractivity contribution is 4.78. The Hall–Kier alpha value is -0.0800. The first-order chi connectivity index (χ1) is 7.24. The molecule has 0 amide bonds. The maximum Gasteiger partial charge on any atom is 0.0445 e. The van der Waals surface area contributed by atoms with Crippen LogP contribution in [0.25, 0.3) is 0 Å². The third-order valence-corrected chi connectivity index (χ3v) is 3.55. The van der Waals surface area contributed by atoms with Gasteiger partial charge in [-0.05, 0) is 25.2 Å². The van der Waals surface area contributed by atoms with E-state index in [1.165, 1.54) is 38.5 Å². The van der Waals surface area contributed by atoms with E-state index >= 15 is 0 Å². The zero-order valence-corrected chi connectivity index (χ0v) is 10.3. The van der Waals surface area contributed by atoms with Crippen LogP contribution in [0.15, 0.2) is 0 Å². The second-order valence-electron chi connectivity index (χ2n) is 5.22. The Morgan fingerprint density at radius 2 is 1.73 bits per heavy atom. The molecule has 1 rings (SSSR count). The average Bonchev–Trinajstić information content (AvgIpc) is 2.45. The molecule has 0 radical (unpaired) electrons. The number of aliphatic hydroxyl groups excluding tert-OH is 1. The fourth-order valence-corrected chi connectivity index (χ4v) is 2.50. The highest BCUT2D eigenvalue weighted by atomic mass is 16.3. The molecule has 0 spiro atoms. The molecule has 90 valence electrons. The van der Waals surface area contributed by atoms with E-state index in [2.05, 4.69) is 19.2 Å². The van der Waals surface area contributed by atoms with Gasteiger partial charge in [0.15, 0.2) is 0 Å². The van der Waals surface area contributed by atoms with E-state index in [9.17, 15) is 0 Å². The van der Waals surface area contributed by atoms with Gasteiger partial charge < -0.3 is 10.4 Å². The van der Waals surface area contributed by atoms with Crippen molar-refractivity contribution in [1.29, 1.82) is 0 Å². The molecule has 0 bridgehead atoms. The first-order valence-electron chi connectivity index (χ1n) is 6.61. The van der Waals surface area contributed by atoms with Crippen LogP contribution in [-0.4, -0.2) is 23.8 Å². The van der Waals surface area contributed by atoms with Crippen molar-refractivity contribution in [1.82, 2.24) is 5.32 Å². The van der Waals surface area contributed by atoms with Gasteiger partial charge in [0.25, 0.3) is 0 Å². The van der Waals surface area contributed by atoms with Crippen molar-refractivity contribution in [3.8, 4) is 0 Å². The van der Waals surface area contributed by atoms with Gasteiger partial charge in [0.2, 0.25) is 0 Å². The van der Waals surface area contributed by atoms with Crippen molar-refractivity contribution in [2.45, 2.75) is 70.9 Å². The largest absolute Gasteiger partial charge is 0.396 e. The second kappa shape index (κ2) is 7.24. The third-order valence-electron chi connectivity index (χ3n) is 3.55. The van der Waals surface area contributed by atoms with Gasteiger partial charge in [0.1, 0.15) is 0 Å². The number of rotatable bonds is 5. The molecule has 1 atom stereocenters. The zero-order chi connectivity index (χ0) is 11.1. The van der Waals surface area contributed by atoms with Crippen LogP contribution in [0.3, 0.4) is 0 Å². The minimum Gasteiger partial charge on any atom is -0.396 e. The SMILES string of the molecule is CC(C)C(CCO)NC1CCCCCC1. The quantitative estimate of drug-likeness (QED) is 0.688. The minimum absolute atomic E-state index is 0.308. The lowest BCUT2D eigenvalue weighted by atomic mass is 9.98. The zero-order valence-electron chi connectivity index (χ0n) is 10.3. The van der Waals surface area contributed by atoms with Crippen LogP contribution in [0, 0.1) is 5.92 Å². The molecule has 0 heterocycles. The summed E-state index contributed by atoms with van der Waals surface area (Å²) in [5.74, 6) is 0.625. The number of nitrogens with one attached hydrogen (secondary N) is 1. The van der Waals surface area contributed by atoms with Crippen LogP contribution in [0.4, 0.5) is 0 Å². The molecule has 1 saturated carbocycles. The van der Waals surface area contributed by atoms with Crippen molar-refractivity contribution >= 4 is 0 Å². The molecular weight excluding hydrogens is 186 g/mol. The van der Waals surface area contributed by atoms with Gasteiger partial charge in [0.05, 0.1) is 0 Å². The van der Waals surface area contributed by atoms with Crippen LogP contribution in [0.5, 0.6) is 0 Å². The molecule has 0 aliphatic heterocycles. The number of hydrogen-bond acceptors (Lipinski definition) is 2. The molecule has 2 N–H and O–H groups in total. The first-order valence-corrected chi connectivity index (χ1v) is 6.61. The Bertz CT molecular complexity index is 151. The van der Waals surface area contributed by atoms with E-state index < -0.39 is 0 Å². The van der Waals surface area contributed by atoms with Gasteiger partial charge in [0, 0.05) is 18.7 Å². The topological polar surface area (TPSA) is 32.3 Å². The number of aliphatic hydroxyl groups is 1. The van der Waals surface area contributed by atoms with Gasteiger partial charge in [-0.2, -0.15) is 0 Å². The summed E-state index contributed by atoms with van der Waals surface area (Å²) in [5.41, 5.74) is 0. The normalized spacial score (nSPS) is 21.6. The number of hydrogen-bond donors (Lipinski definition) is 2. The van der Waals surface area contributed by atoms with E-state index in [1.807, 2.05) is 0 Å². The summed E-state index contributed by atoms with van der Waals surface area (Å²) < 4.78 is 0. The Morgan fingerprint density at radius 3 is 2.20 bits per heavy atom. The molecule has 2 heteroatoms. The molecule has 1 fully saturated rings. The van der Waals surface area contributed by atoms with Crippen molar-refractivity contribution in [3.05, 3.63) is 0 Å². The molecule has 1 unspecified atom stereocenters. The predicted molar refractivity (Wildman–Crippen MR) is 65.0 cm³/mol. The smallest absolute Gasteiger partial charge is 0.0445 e. The van der Waals surface area contributed by atoms with Crippen LogP contribution in [-0.2, 0) is 0 Å². The fraction of sp³-hybridized carbons (Fsp3) is 1.00. The highest BCUT2D eigenvalue weighted by Gasteiger charge is 2.18. The lowest BCUT2D eigenvalue weighted by Gasteiger charge is -2.27. The van der Waals surface area contributed by atoms with Gasteiger partial charge in [-0.25, -0.2) is 0 Å². The minimum atomic E-state index is 0.308. The monoisotopic (exact) mass is 213 g/mol. The highest BCUT2D eigenvalue weighted by Crippen LogP contribution is 2.19. The summed E-state index contributed by atoms with van der Waals surface area (Å²) in [6, 6.07) is 1.20. The van der Waals surface area contributed by atoms with E-state index in [0.717, 1.165) is 6.42 Å². The van der Waals surface area contributed by atoms with E-state index in [0.29, 0.717) is 24.6 Å². The maximum absolute atomic E-state index is 9.03. The van der Waals surface area contributed by atoms with Crippen molar-refractivity contribution in [3.63, 3.8) is 0 Å². The summed E-state index contributed by atoms with van der Waals surface area (Å²) >= 11 is 0. The molecule has 1 aliphatic carbocycles. The Kier molecular flexibility index (Phi) is 6.26. The molecule has 2 nitrogen and oxygen atoms in total. The lowest BCUT2D eigenvalue weighted by molar-refractivity contribution is 0.230. The summed E-state index contributed by atoms with van der Waals surface area (Å²) in [4.78, 5) is 0. The summed E-state index contributed by atoms with van der Waals surface area (Å²) in [6.07, 6.45) is 9.12. The second-order valence-corrected chi connectivity index (χ2v) is 5.22. The van der Waals surface area contributed by atoms with Crippen molar-refractivity contribution in [2.75, 3.05) is 6.61 Å². The lowest BCUT2D eigenvalue weighted by Crippen LogP contribution is -2.41. The molecule has 0 aromatic heterocycles. The van der Waals surface area contributed by atoms with Gasteiger partial charge in [-0.15, -0.1) is 0 Å². The van der Waals surface area contributed by atoms with Gasteiger partial charge in [-0.3, -0.25) is 0 Å². The van der Waals surface area contributed by atoms with Gasteiger partial charge >= 0.3 is 0 Å². The average molecular weight is 213 g/mol. The van der Waals surface area contributed by atoms with Crippen LogP contribution in [0.1, 0.15) is 58.8 Å². The summed E-state index contributed by atoms with van der Waals surface area (Å²) in [7, 11) is 0. The Labute approximate surface area is 94.5 Å². The summed E-state index contributed by atoms with van der Waals surface area (Å²) in [6.45, 7) is 4.79. The maximum atomic E-state index is 9.03. The first kappa shape index (κ1) is 13.0. The fourth-order valence-electron chi connectivity index (χ4n) is 2.50. The molecule has 0 aromatic rings. The molecular formula is C13H27NO. The Morgan fingerprint density at radius 1 is 1.13 bits per heavy atom. The van der Waals surface area contributed by atoms with Gasteiger partial charge in [-0.1, -0.05) is 39.5 Å². The van der Waals surface area contributed by atoms with Crippen LogP contribution >= 0.6 is 0 Å². The van der Waals surface area contributed by atoms with E-state index in [4.69, 9.17) is 5.11 Å².